The van der Waals surface area contributed by atoms with E-state index in [1.807, 2.05) is 0 Å². The van der Waals surface area contributed by atoms with Gasteiger partial charge in [-0.2, -0.15) is 0 Å². The van der Waals surface area contributed by atoms with Gasteiger partial charge in [0.1, 0.15) is 0 Å². The molecule has 28 heavy (non-hydrogen) atoms. The maximum absolute atomic E-state index is 7.50. The standard InChI is InChI=1S/C10H21PS2.C9H21P.CO.2ClH.Ru/c1-7(2)11(8(3)4,9(5)6)10(12)13;1-7(2)10(8(3)4)9(5)6;1-2;;;/h7-9H,1-6H3;7-9H,1-6H3;;2*1H;/q;;;;;+2/p-2. The molecular weight excluding hydrogens is 554 g/mol. The van der Waals surface area contributed by atoms with Crippen LogP contribution in [0.1, 0.15) is 83.1 Å². The van der Waals surface area contributed by atoms with Crippen LogP contribution in [0.25, 0.3) is 0 Å². The van der Waals surface area contributed by atoms with E-state index >= 15 is 0 Å². The second-order valence-electron chi connectivity index (χ2n) is 8.16. The number of hydrogen-bond acceptors (Lipinski definition) is 2. The van der Waals surface area contributed by atoms with Gasteiger partial charge >= 0.3 is 45.8 Å². The summed E-state index contributed by atoms with van der Waals surface area (Å²) >= 11 is 10.3. The van der Waals surface area contributed by atoms with Crippen LogP contribution in [0.15, 0.2) is 0 Å². The fraction of sp³-hybridized carbons (Fsp3) is 0.900. The van der Waals surface area contributed by atoms with Gasteiger partial charge in [0.25, 0.3) is 0 Å². The molecule has 0 aliphatic heterocycles. The molecule has 0 spiro atoms. The molecule has 0 aliphatic rings. The molecule has 0 radical (unpaired) electrons. The van der Waals surface area contributed by atoms with Crippen molar-refractivity contribution in [3.05, 3.63) is 6.65 Å². The predicted molar refractivity (Wildman–Crippen MR) is 140 cm³/mol. The molecule has 0 heterocycles. The minimum atomic E-state index is -1.24. The molecule has 0 amide bonds. The summed E-state index contributed by atoms with van der Waals surface area (Å²) in [5.41, 5.74) is 4.60. The molecule has 0 N–H and O–H groups in total. The van der Waals surface area contributed by atoms with Gasteiger partial charge in [0, 0.05) is 11.2 Å². The van der Waals surface area contributed by atoms with Gasteiger partial charge in [0.15, 0.2) is 0 Å². The van der Waals surface area contributed by atoms with Crippen LogP contribution in [0.5, 0.6) is 0 Å². The van der Waals surface area contributed by atoms with Crippen molar-refractivity contribution in [2.75, 3.05) is 0 Å². The van der Waals surface area contributed by atoms with E-state index in [0.29, 0.717) is 17.0 Å². The quantitative estimate of drug-likeness (QED) is 0.0730. The third-order valence-corrected chi connectivity index (χ3v) is 15.9. The summed E-state index contributed by atoms with van der Waals surface area (Å²) in [5, 5.41) is 0. The van der Waals surface area contributed by atoms with Crippen molar-refractivity contribution in [3.63, 3.8) is 0 Å². The third-order valence-electron chi connectivity index (χ3n) is 4.67. The molecule has 0 aromatic heterocycles. The van der Waals surface area contributed by atoms with Crippen molar-refractivity contribution in [2.24, 2.45) is 0 Å². The Kier molecular flexibility index (Phi) is 28.1. The van der Waals surface area contributed by atoms with Crippen LogP contribution in [0, 0.1) is 6.65 Å². The van der Waals surface area contributed by atoms with Crippen LogP contribution < -0.4 is 0 Å². The topological polar surface area (TPSA) is 19.9 Å². The molecule has 172 valence electrons. The molecule has 1 nitrogen and oxygen atoms in total. The van der Waals surface area contributed by atoms with Crippen molar-refractivity contribution >= 4 is 63.4 Å². The second kappa shape index (κ2) is 21.0. The molecule has 0 fully saturated rings. The molecule has 0 bridgehead atoms. The zero-order valence-corrected chi connectivity index (χ0v) is 26.4. The Bertz CT molecular complexity index is 364. The van der Waals surface area contributed by atoms with Gasteiger partial charge in [-0.15, -0.1) is 0 Å². The van der Waals surface area contributed by atoms with E-state index in [1.54, 1.807) is 0 Å². The fourth-order valence-electron chi connectivity index (χ4n) is 4.21. The number of halogens is 2. The van der Waals surface area contributed by atoms with E-state index in [4.69, 9.17) is 48.9 Å². The van der Waals surface area contributed by atoms with Crippen molar-refractivity contribution in [3.8, 4) is 0 Å². The molecule has 0 rings (SSSR count). The predicted octanol–water partition coefficient (Wildman–Crippen LogP) is 9.09. The number of hydrogen-bond donors (Lipinski definition) is 0. The van der Waals surface area contributed by atoms with Crippen LogP contribution in [0.3, 0.4) is 0 Å². The van der Waals surface area contributed by atoms with Crippen molar-refractivity contribution in [2.45, 2.75) is 117 Å². The molecule has 0 aromatic rings. The number of rotatable bonds is 7. The third kappa shape index (κ3) is 14.2. The molecule has 8 heteroatoms. The first-order valence-electron chi connectivity index (χ1n) is 9.58. The van der Waals surface area contributed by atoms with E-state index in [1.165, 1.54) is 0 Å². The minimum absolute atomic E-state index is 0.262. The van der Waals surface area contributed by atoms with Gasteiger partial charge in [-0.1, -0.05) is 49.5 Å². The SMILES string of the molecule is CC(C)P(C(C)C)C(C)C.CC(C)[P+](C(=S)[S-])(C(C)C)C(C)C.[C-]#[O+].[Cl][Ru][Cl]. The first-order valence-corrected chi connectivity index (χ1v) is 18.4. The summed E-state index contributed by atoms with van der Waals surface area (Å²) in [6.45, 7) is 32.2. The Labute approximate surface area is 205 Å². The van der Waals surface area contributed by atoms with E-state index in [2.05, 4.69) is 89.7 Å². The van der Waals surface area contributed by atoms with Gasteiger partial charge in [0.2, 0.25) is 0 Å². The molecule has 0 unspecified atom stereocenters. The van der Waals surface area contributed by atoms with E-state index in [9.17, 15) is 0 Å². The van der Waals surface area contributed by atoms with E-state index in [0.717, 1.165) is 20.9 Å². The monoisotopic (exact) mass is 596 g/mol. The van der Waals surface area contributed by atoms with Gasteiger partial charge in [-0.25, -0.2) is 0 Å². The average molecular weight is 597 g/mol. The molecule has 0 aromatic carbocycles. The first kappa shape index (κ1) is 37.4. The van der Waals surface area contributed by atoms with E-state index < -0.39 is 7.26 Å². The number of thiocarbonyl (C=S) groups is 1. The van der Waals surface area contributed by atoms with Gasteiger partial charge in [-0.3, -0.25) is 0 Å². The van der Waals surface area contributed by atoms with Crippen LogP contribution in [-0.4, -0.2) is 37.9 Å². The van der Waals surface area contributed by atoms with Gasteiger partial charge in [0.05, 0.1) is 17.0 Å². The maximum atomic E-state index is 7.50. The second-order valence-corrected chi connectivity index (χ2v) is 21.7. The Morgan fingerprint density at radius 1 is 0.786 bits per heavy atom. The molecule has 0 atom stereocenters. The van der Waals surface area contributed by atoms with Crippen LogP contribution in [0.4, 0.5) is 0 Å². The molecule has 0 aliphatic carbocycles. The molecule has 0 saturated carbocycles. The zero-order valence-electron chi connectivity index (χ0n) is 19.7. The zero-order chi connectivity index (χ0) is 23.8. The van der Waals surface area contributed by atoms with Crippen LogP contribution >= 0.6 is 46.8 Å². The Morgan fingerprint density at radius 2 is 0.964 bits per heavy atom. The van der Waals surface area contributed by atoms with Crippen molar-refractivity contribution < 1.29 is 19.8 Å². The normalized spacial score (nSPS) is 11.4. The molecular formula is C20H42Cl2OP2RuS2. The van der Waals surface area contributed by atoms with Crippen LogP contribution in [-0.2, 0) is 32.4 Å². The van der Waals surface area contributed by atoms with Gasteiger partial charge in [-0.05, 0) is 58.5 Å². The Hall–Kier alpha value is 2.11. The summed E-state index contributed by atoms with van der Waals surface area (Å²) in [5.74, 6) is 0. The van der Waals surface area contributed by atoms with Crippen molar-refractivity contribution in [1.29, 1.82) is 0 Å². The first-order chi connectivity index (χ1) is 12.7. The Balaban J connectivity index is -0.000000170. The summed E-state index contributed by atoms with van der Waals surface area (Å²) in [6.07, 6.45) is 0. The Morgan fingerprint density at radius 3 is 0.964 bits per heavy atom. The average Bonchev–Trinajstić information content (AvgIpc) is 2.48. The fourth-order valence-corrected chi connectivity index (χ4v) is 16.4. The summed E-state index contributed by atoms with van der Waals surface area (Å²) in [7, 11) is 8.73. The summed E-state index contributed by atoms with van der Waals surface area (Å²) < 4.78 is 8.37. The van der Waals surface area contributed by atoms with Gasteiger partial charge < -0.3 is 24.8 Å². The molecule has 0 saturated heterocycles. The van der Waals surface area contributed by atoms with Crippen molar-refractivity contribution in [1.82, 2.24) is 0 Å². The van der Waals surface area contributed by atoms with Crippen LogP contribution in [0.2, 0.25) is 0 Å². The summed E-state index contributed by atoms with van der Waals surface area (Å²) in [6, 6.07) is 0. The van der Waals surface area contributed by atoms with E-state index in [-0.39, 0.29) is 23.1 Å². The summed E-state index contributed by atoms with van der Waals surface area (Å²) in [4.78, 5) is 0.